The van der Waals surface area contributed by atoms with E-state index in [-0.39, 0.29) is 22.4 Å². The number of carbonyl (C=O) groups is 3. The quantitative estimate of drug-likeness (QED) is 0.135. The lowest BCUT2D eigenvalue weighted by atomic mass is 10.1. The molecule has 3 amide bonds. The van der Waals surface area contributed by atoms with E-state index in [0.29, 0.717) is 17.7 Å². The number of hydrogen-bond donors (Lipinski definition) is 3. The second-order valence-electron chi connectivity index (χ2n) is 9.70. The van der Waals surface area contributed by atoms with E-state index in [1.54, 1.807) is 60.7 Å². The van der Waals surface area contributed by atoms with Crippen LogP contribution in [-0.4, -0.2) is 23.0 Å². The van der Waals surface area contributed by atoms with Crippen LogP contribution < -0.4 is 16.0 Å². The molecule has 0 saturated carbocycles. The molecular weight excluding hydrogens is 549 g/mol. The molecule has 0 heterocycles. The van der Waals surface area contributed by atoms with Gasteiger partial charge < -0.3 is 16.0 Å². The first kappa shape index (κ1) is 30.3. The molecule has 0 radical (unpaired) electrons. The summed E-state index contributed by atoms with van der Waals surface area (Å²) < 4.78 is 14.4. The smallest absolute Gasteiger partial charge is 0.272 e. The average molecular weight is 582 g/mol. The zero-order chi connectivity index (χ0) is 30.1. The van der Waals surface area contributed by atoms with Gasteiger partial charge in [-0.1, -0.05) is 67.1 Å². The van der Waals surface area contributed by atoms with Crippen LogP contribution in [0.2, 0.25) is 0 Å². The third kappa shape index (κ3) is 8.17. The lowest BCUT2D eigenvalue weighted by molar-refractivity contribution is -0.116. The summed E-state index contributed by atoms with van der Waals surface area (Å²) in [5, 5.41) is 8.07. The van der Waals surface area contributed by atoms with Crippen molar-refractivity contribution in [1.82, 2.24) is 5.32 Å². The summed E-state index contributed by atoms with van der Waals surface area (Å²) in [7, 11) is 0. The van der Waals surface area contributed by atoms with Crippen molar-refractivity contribution in [3.05, 3.63) is 131 Å². The molecule has 1 atom stereocenters. The van der Waals surface area contributed by atoms with E-state index in [2.05, 4.69) is 16.0 Å². The normalized spacial score (nSPS) is 11.9. The molecule has 3 N–H and O–H groups in total. The maximum Gasteiger partial charge on any atom is 0.272 e. The standard InChI is InChI=1S/C34H32FN3O3S/c1-4-31(34(41)37-29-18-17-22(2)19-23(29)3)42-27-15-10-14-26(21-27)36-33(40)30(20-25-13-8-9-16-28(25)35)38-32(39)24-11-6-5-7-12-24/h5-21,31H,4H2,1-3H3,(H,36,40)(H,37,41)(H,38,39)/b30-20-. The SMILES string of the molecule is CCC(Sc1cccc(NC(=O)/C(=C/c2ccccc2F)NC(=O)c2ccccc2)c1)C(=O)Nc1ccc(C)cc1C. The molecule has 0 aliphatic carbocycles. The van der Waals surface area contributed by atoms with E-state index in [9.17, 15) is 18.8 Å². The highest BCUT2D eigenvalue weighted by molar-refractivity contribution is 8.00. The van der Waals surface area contributed by atoms with Crippen LogP contribution in [0.1, 0.15) is 40.4 Å². The summed E-state index contributed by atoms with van der Waals surface area (Å²) in [5.74, 6) is -1.76. The molecular formula is C34H32FN3O3S. The number of hydrogen-bond acceptors (Lipinski definition) is 4. The number of aryl methyl sites for hydroxylation is 2. The Kier molecular flexibility index (Phi) is 10.3. The number of nitrogens with one attached hydrogen (secondary N) is 3. The maximum absolute atomic E-state index is 14.4. The van der Waals surface area contributed by atoms with Gasteiger partial charge in [0.15, 0.2) is 0 Å². The van der Waals surface area contributed by atoms with Crippen molar-refractivity contribution in [2.24, 2.45) is 0 Å². The molecule has 6 nitrogen and oxygen atoms in total. The monoisotopic (exact) mass is 581 g/mol. The van der Waals surface area contributed by atoms with Gasteiger partial charge >= 0.3 is 0 Å². The Bertz CT molecular complexity index is 1620. The van der Waals surface area contributed by atoms with Gasteiger partial charge in [-0.15, -0.1) is 11.8 Å². The molecule has 0 aliphatic rings. The number of amides is 3. The minimum absolute atomic E-state index is 0.109. The summed E-state index contributed by atoms with van der Waals surface area (Å²) in [6, 6.07) is 27.4. The first-order valence-electron chi connectivity index (χ1n) is 13.5. The van der Waals surface area contributed by atoms with Crippen LogP contribution in [0.5, 0.6) is 0 Å². The van der Waals surface area contributed by atoms with Gasteiger partial charge in [-0.05, 0) is 74.4 Å². The molecule has 42 heavy (non-hydrogen) atoms. The average Bonchev–Trinajstić information content (AvgIpc) is 2.98. The van der Waals surface area contributed by atoms with E-state index in [4.69, 9.17) is 0 Å². The lowest BCUT2D eigenvalue weighted by Gasteiger charge is -2.17. The molecule has 4 aromatic rings. The van der Waals surface area contributed by atoms with Crippen molar-refractivity contribution >= 4 is 46.9 Å². The van der Waals surface area contributed by atoms with Crippen molar-refractivity contribution in [3.8, 4) is 0 Å². The Hall–Kier alpha value is -4.69. The lowest BCUT2D eigenvalue weighted by Crippen LogP contribution is -2.30. The van der Waals surface area contributed by atoms with Crippen LogP contribution in [0.4, 0.5) is 15.8 Å². The Morgan fingerprint density at radius 1 is 0.857 bits per heavy atom. The summed E-state index contributed by atoms with van der Waals surface area (Å²) in [4.78, 5) is 40.1. The van der Waals surface area contributed by atoms with Crippen LogP contribution in [0.25, 0.3) is 6.08 Å². The van der Waals surface area contributed by atoms with Crippen LogP contribution in [0, 0.1) is 19.7 Å². The molecule has 214 valence electrons. The molecule has 4 aromatic carbocycles. The third-order valence-electron chi connectivity index (χ3n) is 6.41. The van der Waals surface area contributed by atoms with Gasteiger partial charge in [0.2, 0.25) is 5.91 Å². The number of carbonyl (C=O) groups excluding carboxylic acids is 3. The number of rotatable bonds is 10. The van der Waals surface area contributed by atoms with E-state index >= 15 is 0 Å². The second-order valence-corrected chi connectivity index (χ2v) is 11.0. The minimum atomic E-state index is -0.621. The summed E-state index contributed by atoms with van der Waals surface area (Å²) >= 11 is 1.39. The van der Waals surface area contributed by atoms with Crippen LogP contribution >= 0.6 is 11.8 Å². The summed E-state index contributed by atoms with van der Waals surface area (Å²) in [6.45, 7) is 5.91. The molecule has 8 heteroatoms. The number of halogens is 1. The van der Waals surface area contributed by atoms with E-state index in [1.807, 2.05) is 45.0 Å². The van der Waals surface area contributed by atoms with Gasteiger partial charge in [-0.25, -0.2) is 4.39 Å². The third-order valence-corrected chi connectivity index (χ3v) is 7.77. The van der Waals surface area contributed by atoms with Gasteiger partial charge in [-0.3, -0.25) is 14.4 Å². The van der Waals surface area contributed by atoms with Crippen molar-refractivity contribution < 1.29 is 18.8 Å². The van der Waals surface area contributed by atoms with E-state index in [0.717, 1.165) is 21.7 Å². The fourth-order valence-corrected chi connectivity index (χ4v) is 5.20. The van der Waals surface area contributed by atoms with Gasteiger partial charge in [0.05, 0.1) is 5.25 Å². The highest BCUT2D eigenvalue weighted by atomic mass is 32.2. The first-order chi connectivity index (χ1) is 20.2. The molecule has 0 saturated heterocycles. The maximum atomic E-state index is 14.4. The van der Waals surface area contributed by atoms with Crippen molar-refractivity contribution in [1.29, 1.82) is 0 Å². The van der Waals surface area contributed by atoms with Gasteiger partial charge in [0.1, 0.15) is 11.5 Å². The topological polar surface area (TPSA) is 87.3 Å². The van der Waals surface area contributed by atoms with Gasteiger partial charge in [-0.2, -0.15) is 0 Å². The summed E-state index contributed by atoms with van der Waals surface area (Å²) in [6.07, 6.45) is 1.90. The Balaban J connectivity index is 1.51. The van der Waals surface area contributed by atoms with Gasteiger partial charge in [0.25, 0.3) is 11.8 Å². The van der Waals surface area contributed by atoms with E-state index < -0.39 is 17.6 Å². The number of benzene rings is 4. The van der Waals surface area contributed by atoms with Crippen molar-refractivity contribution in [2.75, 3.05) is 10.6 Å². The molecule has 0 aliphatic heterocycles. The number of thioether (sulfide) groups is 1. The highest BCUT2D eigenvalue weighted by Crippen LogP contribution is 2.29. The fraction of sp³-hybridized carbons (Fsp3) is 0.147. The molecule has 1 unspecified atom stereocenters. The molecule has 0 spiro atoms. The molecule has 0 fully saturated rings. The zero-order valence-corrected chi connectivity index (χ0v) is 24.4. The van der Waals surface area contributed by atoms with E-state index in [1.165, 1.54) is 30.0 Å². The predicted octanol–water partition coefficient (Wildman–Crippen LogP) is 7.36. The fourth-order valence-electron chi connectivity index (χ4n) is 4.19. The Morgan fingerprint density at radius 2 is 1.60 bits per heavy atom. The first-order valence-corrected chi connectivity index (χ1v) is 14.4. The van der Waals surface area contributed by atoms with Crippen LogP contribution in [-0.2, 0) is 9.59 Å². The summed E-state index contributed by atoms with van der Waals surface area (Å²) in [5.41, 5.74) is 3.74. The Morgan fingerprint density at radius 3 is 2.31 bits per heavy atom. The number of anilines is 2. The van der Waals surface area contributed by atoms with Crippen LogP contribution in [0.15, 0.2) is 108 Å². The molecule has 0 bridgehead atoms. The highest BCUT2D eigenvalue weighted by Gasteiger charge is 2.20. The van der Waals surface area contributed by atoms with Crippen LogP contribution in [0.3, 0.4) is 0 Å². The molecule has 4 rings (SSSR count). The predicted molar refractivity (Wildman–Crippen MR) is 168 cm³/mol. The van der Waals surface area contributed by atoms with Crippen molar-refractivity contribution in [2.45, 2.75) is 37.3 Å². The largest absolute Gasteiger partial charge is 0.325 e. The van der Waals surface area contributed by atoms with Crippen molar-refractivity contribution in [3.63, 3.8) is 0 Å². The Labute approximate surface area is 249 Å². The zero-order valence-electron chi connectivity index (χ0n) is 23.6. The minimum Gasteiger partial charge on any atom is -0.325 e. The van der Waals surface area contributed by atoms with Gasteiger partial charge in [0, 0.05) is 27.4 Å². The molecule has 0 aromatic heterocycles. The second kappa shape index (κ2) is 14.3.